The first-order chi connectivity index (χ1) is 10.7. The van der Waals surface area contributed by atoms with E-state index in [1.54, 1.807) is 12.1 Å². The molecule has 2 N–H and O–H groups in total. The van der Waals surface area contributed by atoms with Gasteiger partial charge in [-0.2, -0.15) is 0 Å². The Morgan fingerprint density at radius 1 is 1.32 bits per heavy atom. The molecular formula is C16H24N4O2. The van der Waals surface area contributed by atoms with Crippen LogP contribution in [-0.4, -0.2) is 23.5 Å². The molecule has 0 atom stereocenters. The number of non-ortho nitro benzene ring substituents is 1. The minimum absolute atomic E-state index is 0.112. The fourth-order valence-electron chi connectivity index (χ4n) is 2.55. The van der Waals surface area contributed by atoms with Crippen molar-refractivity contribution in [3.05, 3.63) is 39.9 Å². The number of guanidine groups is 1. The standard InChI is InChI=1S/C16H24N4O2/c1-2-11-17-16(19-14-5-3-4-6-14)18-12-13-7-9-15(10-8-13)20(21)22/h7-10,14H,2-6,11-12H2,1H3,(H2,17,18,19). The summed E-state index contributed by atoms with van der Waals surface area (Å²) in [6.07, 6.45) is 6.00. The Morgan fingerprint density at radius 3 is 2.59 bits per heavy atom. The van der Waals surface area contributed by atoms with Crippen molar-refractivity contribution in [2.75, 3.05) is 6.54 Å². The maximum Gasteiger partial charge on any atom is 0.269 e. The molecule has 6 heteroatoms. The van der Waals surface area contributed by atoms with Gasteiger partial charge in [0.05, 0.1) is 11.5 Å². The van der Waals surface area contributed by atoms with Crippen molar-refractivity contribution in [2.24, 2.45) is 4.99 Å². The third-order valence-corrected chi connectivity index (χ3v) is 3.81. The minimum atomic E-state index is -0.386. The summed E-state index contributed by atoms with van der Waals surface area (Å²) in [4.78, 5) is 14.9. The van der Waals surface area contributed by atoms with Gasteiger partial charge in [0.15, 0.2) is 5.96 Å². The maximum absolute atomic E-state index is 10.6. The average Bonchev–Trinajstić information content (AvgIpc) is 3.03. The molecule has 1 aliphatic carbocycles. The van der Waals surface area contributed by atoms with Crippen LogP contribution in [0.1, 0.15) is 44.6 Å². The molecule has 22 heavy (non-hydrogen) atoms. The summed E-state index contributed by atoms with van der Waals surface area (Å²) >= 11 is 0. The third kappa shape index (κ3) is 5.02. The van der Waals surface area contributed by atoms with Crippen molar-refractivity contribution in [2.45, 2.75) is 51.6 Å². The van der Waals surface area contributed by atoms with E-state index in [0.29, 0.717) is 12.6 Å². The number of aliphatic imine (C=N–C) groups is 1. The van der Waals surface area contributed by atoms with E-state index in [9.17, 15) is 10.1 Å². The minimum Gasteiger partial charge on any atom is -0.356 e. The Bertz CT molecular complexity index is 507. The molecule has 120 valence electrons. The summed E-state index contributed by atoms with van der Waals surface area (Å²) < 4.78 is 0. The van der Waals surface area contributed by atoms with Crippen LogP contribution in [0.2, 0.25) is 0 Å². The molecule has 1 aliphatic rings. The number of nitro groups is 1. The lowest BCUT2D eigenvalue weighted by atomic mass is 10.2. The van der Waals surface area contributed by atoms with Crippen molar-refractivity contribution >= 4 is 11.6 Å². The SMILES string of the molecule is CCCNC(=NCc1ccc([N+](=O)[O-])cc1)NC1CCCC1. The fraction of sp³-hybridized carbons (Fsp3) is 0.562. The first-order valence-electron chi connectivity index (χ1n) is 7.97. The normalized spacial score (nSPS) is 15.8. The van der Waals surface area contributed by atoms with E-state index < -0.39 is 0 Å². The van der Waals surface area contributed by atoms with Crippen LogP contribution in [0.15, 0.2) is 29.3 Å². The molecule has 0 aromatic heterocycles. The number of hydrogen-bond donors (Lipinski definition) is 2. The van der Waals surface area contributed by atoms with Gasteiger partial charge in [0.25, 0.3) is 5.69 Å². The molecule has 0 saturated heterocycles. The van der Waals surface area contributed by atoms with E-state index in [2.05, 4.69) is 22.5 Å². The van der Waals surface area contributed by atoms with Crippen molar-refractivity contribution < 1.29 is 4.92 Å². The topological polar surface area (TPSA) is 79.6 Å². The zero-order valence-corrected chi connectivity index (χ0v) is 13.0. The Hall–Kier alpha value is -2.11. The first-order valence-corrected chi connectivity index (χ1v) is 7.97. The van der Waals surface area contributed by atoms with Crippen molar-refractivity contribution in [3.63, 3.8) is 0 Å². The monoisotopic (exact) mass is 304 g/mol. The van der Waals surface area contributed by atoms with Crippen LogP contribution >= 0.6 is 0 Å². The van der Waals surface area contributed by atoms with Crippen LogP contribution in [0.5, 0.6) is 0 Å². The molecule has 0 aliphatic heterocycles. The highest BCUT2D eigenvalue weighted by Crippen LogP contribution is 2.17. The molecule has 6 nitrogen and oxygen atoms in total. The van der Waals surface area contributed by atoms with Gasteiger partial charge in [-0.05, 0) is 24.8 Å². The molecule has 1 fully saturated rings. The molecule has 0 amide bonds. The molecule has 0 bridgehead atoms. The molecular weight excluding hydrogens is 280 g/mol. The fourth-order valence-corrected chi connectivity index (χ4v) is 2.55. The highest BCUT2D eigenvalue weighted by molar-refractivity contribution is 5.80. The number of nitrogens with one attached hydrogen (secondary N) is 2. The van der Waals surface area contributed by atoms with Crippen molar-refractivity contribution in [3.8, 4) is 0 Å². The van der Waals surface area contributed by atoms with E-state index in [1.165, 1.54) is 37.8 Å². The van der Waals surface area contributed by atoms with Gasteiger partial charge in [-0.1, -0.05) is 31.9 Å². The maximum atomic E-state index is 10.6. The van der Waals surface area contributed by atoms with E-state index in [1.807, 2.05) is 0 Å². The molecule has 0 spiro atoms. The highest BCUT2D eigenvalue weighted by atomic mass is 16.6. The lowest BCUT2D eigenvalue weighted by molar-refractivity contribution is -0.384. The summed E-state index contributed by atoms with van der Waals surface area (Å²) in [7, 11) is 0. The van der Waals surface area contributed by atoms with Gasteiger partial charge in [-0.3, -0.25) is 10.1 Å². The molecule has 2 rings (SSSR count). The Morgan fingerprint density at radius 2 is 2.00 bits per heavy atom. The van der Waals surface area contributed by atoms with Gasteiger partial charge in [0.2, 0.25) is 0 Å². The Balaban J connectivity index is 1.96. The second-order valence-corrected chi connectivity index (χ2v) is 5.64. The third-order valence-electron chi connectivity index (χ3n) is 3.81. The Kier molecular flexibility index (Phi) is 6.18. The van der Waals surface area contributed by atoms with Crippen LogP contribution in [0.25, 0.3) is 0 Å². The summed E-state index contributed by atoms with van der Waals surface area (Å²) in [6, 6.07) is 7.08. The van der Waals surface area contributed by atoms with Gasteiger partial charge in [0, 0.05) is 24.7 Å². The van der Waals surface area contributed by atoms with Crippen LogP contribution in [0, 0.1) is 10.1 Å². The molecule has 1 aromatic carbocycles. The van der Waals surface area contributed by atoms with Crippen molar-refractivity contribution in [1.82, 2.24) is 10.6 Å². The molecule has 0 radical (unpaired) electrons. The largest absolute Gasteiger partial charge is 0.356 e. The van der Waals surface area contributed by atoms with E-state index in [0.717, 1.165) is 24.5 Å². The van der Waals surface area contributed by atoms with Crippen molar-refractivity contribution in [1.29, 1.82) is 0 Å². The number of nitrogens with zero attached hydrogens (tertiary/aromatic N) is 2. The van der Waals surface area contributed by atoms with Gasteiger partial charge >= 0.3 is 0 Å². The number of hydrogen-bond acceptors (Lipinski definition) is 3. The quantitative estimate of drug-likeness (QED) is 0.366. The van der Waals surface area contributed by atoms with Gasteiger partial charge < -0.3 is 10.6 Å². The lowest BCUT2D eigenvalue weighted by Crippen LogP contribution is -2.42. The molecule has 1 saturated carbocycles. The van der Waals surface area contributed by atoms with Crippen LogP contribution in [-0.2, 0) is 6.54 Å². The van der Waals surface area contributed by atoms with Crippen LogP contribution in [0.3, 0.4) is 0 Å². The van der Waals surface area contributed by atoms with E-state index in [-0.39, 0.29) is 10.6 Å². The average molecular weight is 304 g/mol. The summed E-state index contributed by atoms with van der Waals surface area (Å²) in [5.41, 5.74) is 1.08. The second kappa shape index (κ2) is 8.36. The smallest absolute Gasteiger partial charge is 0.269 e. The molecule has 1 aromatic rings. The van der Waals surface area contributed by atoms with Gasteiger partial charge in [-0.25, -0.2) is 4.99 Å². The van der Waals surface area contributed by atoms with E-state index in [4.69, 9.17) is 0 Å². The lowest BCUT2D eigenvalue weighted by Gasteiger charge is -2.17. The first kappa shape index (κ1) is 16.3. The van der Waals surface area contributed by atoms with Crippen LogP contribution < -0.4 is 10.6 Å². The van der Waals surface area contributed by atoms with Gasteiger partial charge in [-0.15, -0.1) is 0 Å². The second-order valence-electron chi connectivity index (χ2n) is 5.64. The summed E-state index contributed by atoms with van der Waals surface area (Å²) in [5, 5.41) is 17.5. The summed E-state index contributed by atoms with van der Waals surface area (Å²) in [6.45, 7) is 3.53. The van der Waals surface area contributed by atoms with E-state index >= 15 is 0 Å². The number of benzene rings is 1. The highest BCUT2D eigenvalue weighted by Gasteiger charge is 2.15. The predicted octanol–water partition coefficient (Wildman–Crippen LogP) is 2.98. The number of rotatable bonds is 6. The molecule has 0 unspecified atom stereocenters. The van der Waals surface area contributed by atoms with Gasteiger partial charge in [0.1, 0.15) is 0 Å². The zero-order valence-electron chi connectivity index (χ0n) is 13.0. The predicted molar refractivity (Wildman–Crippen MR) is 87.9 cm³/mol. The Labute approximate surface area is 131 Å². The summed E-state index contributed by atoms with van der Waals surface area (Å²) in [5.74, 6) is 0.840. The van der Waals surface area contributed by atoms with Crippen LogP contribution in [0.4, 0.5) is 5.69 Å². The number of nitro benzene ring substituents is 1. The molecule has 0 heterocycles. The zero-order chi connectivity index (χ0) is 15.8.